The molecule has 1 aliphatic rings. The van der Waals surface area contributed by atoms with Gasteiger partial charge in [0.15, 0.2) is 0 Å². The summed E-state index contributed by atoms with van der Waals surface area (Å²) in [6, 6.07) is 15.6. The molecule has 1 amide bonds. The van der Waals surface area contributed by atoms with Crippen molar-refractivity contribution in [2.24, 2.45) is 5.92 Å². The number of aromatic nitrogens is 4. The van der Waals surface area contributed by atoms with E-state index in [2.05, 4.69) is 27.7 Å². The molecule has 9 nitrogen and oxygen atoms in total. The summed E-state index contributed by atoms with van der Waals surface area (Å²) in [6.07, 6.45) is 1.74. The zero-order valence-electron chi connectivity index (χ0n) is 17.2. The maximum Gasteiger partial charge on any atom is 0.248 e. The molecule has 1 aromatic heterocycles. The SMILES string of the molecule is CC1CCN(S(=O)(=O)c2ccc(NC(=O)Cn3nnc(-c4ccccc4)n3)cc2)CC1. The van der Waals surface area contributed by atoms with Gasteiger partial charge in [0.25, 0.3) is 0 Å². The van der Waals surface area contributed by atoms with Crippen molar-refractivity contribution in [3.8, 4) is 11.4 Å². The smallest absolute Gasteiger partial charge is 0.248 e. The molecule has 1 N–H and O–H groups in total. The molecule has 3 aromatic rings. The zero-order valence-corrected chi connectivity index (χ0v) is 18.0. The summed E-state index contributed by atoms with van der Waals surface area (Å²) in [5.74, 6) is 0.653. The minimum Gasteiger partial charge on any atom is -0.324 e. The highest BCUT2D eigenvalue weighted by atomic mass is 32.2. The lowest BCUT2D eigenvalue weighted by molar-refractivity contribution is -0.117. The van der Waals surface area contributed by atoms with E-state index in [0.717, 1.165) is 18.4 Å². The van der Waals surface area contributed by atoms with Crippen molar-refractivity contribution >= 4 is 21.6 Å². The Hall–Kier alpha value is -3.11. The molecule has 10 heteroatoms. The maximum absolute atomic E-state index is 12.8. The fourth-order valence-corrected chi connectivity index (χ4v) is 4.90. The van der Waals surface area contributed by atoms with Crippen molar-refractivity contribution in [1.29, 1.82) is 0 Å². The van der Waals surface area contributed by atoms with Gasteiger partial charge in [-0.1, -0.05) is 37.3 Å². The number of piperidine rings is 1. The molecule has 0 atom stereocenters. The lowest BCUT2D eigenvalue weighted by atomic mass is 10.0. The second-order valence-corrected chi connectivity index (χ2v) is 9.61. The molecule has 1 saturated heterocycles. The topological polar surface area (TPSA) is 110 Å². The van der Waals surface area contributed by atoms with E-state index in [0.29, 0.717) is 30.5 Å². The Morgan fingerprint density at radius 3 is 2.42 bits per heavy atom. The van der Waals surface area contributed by atoms with Crippen LogP contribution in [0.5, 0.6) is 0 Å². The minimum atomic E-state index is -3.51. The highest BCUT2D eigenvalue weighted by Gasteiger charge is 2.27. The number of nitrogens with one attached hydrogen (secondary N) is 1. The fourth-order valence-electron chi connectivity index (χ4n) is 3.43. The highest BCUT2D eigenvalue weighted by Crippen LogP contribution is 2.24. The van der Waals surface area contributed by atoms with Crippen molar-refractivity contribution < 1.29 is 13.2 Å². The van der Waals surface area contributed by atoms with Crippen LogP contribution in [0.3, 0.4) is 0 Å². The van der Waals surface area contributed by atoms with Crippen LogP contribution in [0.25, 0.3) is 11.4 Å². The quantitative estimate of drug-likeness (QED) is 0.630. The number of rotatable bonds is 6. The molecule has 0 bridgehead atoms. The first-order valence-corrected chi connectivity index (χ1v) is 11.6. The van der Waals surface area contributed by atoms with Gasteiger partial charge in [-0.2, -0.15) is 9.10 Å². The normalized spacial score (nSPS) is 15.6. The van der Waals surface area contributed by atoms with Crippen LogP contribution in [0.4, 0.5) is 5.69 Å². The third kappa shape index (κ3) is 4.97. The Morgan fingerprint density at radius 1 is 1.06 bits per heavy atom. The van der Waals surface area contributed by atoms with Gasteiger partial charge in [-0.3, -0.25) is 4.79 Å². The highest BCUT2D eigenvalue weighted by molar-refractivity contribution is 7.89. The van der Waals surface area contributed by atoms with E-state index in [1.165, 1.54) is 21.2 Å². The Morgan fingerprint density at radius 2 is 1.74 bits per heavy atom. The Kier molecular flexibility index (Phi) is 6.10. The summed E-state index contributed by atoms with van der Waals surface area (Å²) < 4.78 is 27.1. The van der Waals surface area contributed by atoms with Gasteiger partial charge in [-0.25, -0.2) is 8.42 Å². The Balaban J connectivity index is 1.37. The molecule has 162 valence electrons. The van der Waals surface area contributed by atoms with E-state index in [1.54, 1.807) is 12.1 Å². The molecular weight excluding hydrogens is 416 g/mol. The van der Waals surface area contributed by atoms with Crippen molar-refractivity contribution in [3.63, 3.8) is 0 Å². The standard InChI is InChI=1S/C21H24N6O3S/c1-16-11-13-26(14-12-16)31(29,30)19-9-7-18(8-10-19)22-20(28)15-27-24-21(23-25-27)17-5-3-2-4-6-17/h2-10,16H,11-15H2,1H3,(H,22,28). The molecule has 2 heterocycles. The number of amides is 1. The van der Waals surface area contributed by atoms with Crippen LogP contribution in [0, 0.1) is 5.92 Å². The number of anilines is 1. The number of hydrogen-bond donors (Lipinski definition) is 1. The van der Waals surface area contributed by atoms with Crippen molar-refractivity contribution in [2.45, 2.75) is 31.2 Å². The predicted octanol–water partition coefficient (Wildman–Crippen LogP) is 2.40. The molecular formula is C21H24N6O3S. The summed E-state index contributed by atoms with van der Waals surface area (Å²) in [5.41, 5.74) is 1.31. The first-order valence-electron chi connectivity index (χ1n) is 10.1. The number of carbonyl (C=O) groups is 1. The van der Waals surface area contributed by atoms with Gasteiger partial charge in [-0.05, 0) is 48.2 Å². The van der Waals surface area contributed by atoms with Gasteiger partial charge in [0.2, 0.25) is 21.8 Å². The Bertz CT molecular complexity index is 1140. The molecule has 0 aliphatic carbocycles. The van der Waals surface area contributed by atoms with E-state index in [9.17, 15) is 13.2 Å². The van der Waals surface area contributed by atoms with Gasteiger partial charge in [0.05, 0.1) is 4.90 Å². The average molecular weight is 441 g/mol. The van der Waals surface area contributed by atoms with E-state index < -0.39 is 10.0 Å². The number of tetrazole rings is 1. The maximum atomic E-state index is 12.8. The number of benzene rings is 2. The molecule has 1 fully saturated rings. The largest absolute Gasteiger partial charge is 0.324 e. The van der Waals surface area contributed by atoms with Gasteiger partial charge >= 0.3 is 0 Å². The van der Waals surface area contributed by atoms with Crippen molar-refractivity contribution in [1.82, 2.24) is 24.5 Å². The summed E-state index contributed by atoms with van der Waals surface area (Å²) in [5, 5.41) is 14.8. The van der Waals surface area contributed by atoms with Crippen LogP contribution in [0.1, 0.15) is 19.8 Å². The zero-order chi connectivity index (χ0) is 21.8. The summed E-state index contributed by atoms with van der Waals surface area (Å²) in [7, 11) is -3.51. The summed E-state index contributed by atoms with van der Waals surface area (Å²) >= 11 is 0. The molecule has 0 unspecified atom stereocenters. The molecule has 0 radical (unpaired) electrons. The van der Waals surface area contributed by atoms with Crippen LogP contribution in [0.2, 0.25) is 0 Å². The Labute approximate surface area is 181 Å². The van der Waals surface area contributed by atoms with E-state index in [4.69, 9.17) is 0 Å². The predicted molar refractivity (Wildman–Crippen MR) is 115 cm³/mol. The first kappa shape index (κ1) is 21.1. The monoisotopic (exact) mass is 440 g/mol. The lowest BCUT2D eigenvalue weighted by Crippen LogP contribution is -2.37. The van der Waals surface area contributed by atoms with Crippen LogP contribution < -0.4 is 5.32 Å². The third-order valence-electron chi connectivity index (χ3n) is 5.29. The molecule has 4 rings (SSSR count). The van der Waals surface area contributed by atoms with Crippen LogP contribution in [0.15, 0.2) is 59.5 Å². The number of hydrogen-bond acceptors (Lipinski definition) is 6. The van der Waals surface area contributed by atoms with Gasteiger partial charge in [-0.15, -0.1) is 10.2 Å². The molecule has 0 saturated carbocycles. The van der Waals surface area contributed by atoms with Crippen molar-refractivity contribution in [3.05, 3.63) is 54.6 Å². The lowest BCUT2D eigenvalue weighted by Gasteiger charge is -2.29. The van der Waals surface area contributed by atoms with Crippen LogP contribution in [-0.2, 0) is 21.4 Å². The van der Waals surface area contributed by atoms with Crippen molar-refractivity contribution in [2.75, 3.05) is 18.4 Å². The summed E-state index contributed by atoms with van der Waals surface area (Å²) in [4.78, 5) is 13.8. The number of nitrogens with zero attached hydrogens (tertiary/aromatic N) is 5. The molecule has 0 spiro atoms. The molecule has 1 aliphatic heterocycles. The van der Waals surface area contributed by atoms with Gasteiger partial charge in [0, 0.05) is 24.3 Å². The summed E-state index contributed by atoms with van der Waals surface area (Å²) in [6.45, 7) is 3.11. The van der Waals surface area contributed by atoms with Gasteiger partial charge < -0.3 is 5.32 Å². The number of sulfonamides is 1. The fraction of sp³-hybridized carbons (Fsp3) is 0.333. The number of carbonyl (C=O) groups excluding carboxylic acids is 1. The van der Waals surface area contributed by atoms with E-state index in [-0.39, 0.29) is 17.3 Å². The van der Waals surface area contributed by atoms with E-state index >= 15 is 0 Å². The molecule has 2 aromatic carbocycles. The van der Waals surface area contributed by atoms with E-state index in [1.807, 2.05) is 30.3 Å². The second-order valence-electron chi connectivity index (χ2n) is 7.67. The second kappa shape index (κ2) is 8.94. The van der Waals surface area contributed by atoms with Gasteiger partial charge in [0.1, 0.15) is 6.54 Å². The van der Waals surface area contributed by atoms with Crippen LogP contribution >= 0.6 is 0 Å². The minimum absolute atomic E-state index is 0.105. The average Bonchev–Trinajstić information content (AvgIpc) is 3.23. The first-order chi connectivity index (χ1) is 14.9. The third-order valence-corrected chi connectivity index (χ3v) is 7.20. The van der Waals surface area contributed by atoms with Crippen LogP contribution in [-0.4, -0.2) is 51.9 Å². The molecule has 31 heavy (non-hydrogen) atoms.